The predicted octanol–water partition coefficient (Wildman–Crippen LogP) is 4.44. The topological polar surface area (TPSA) is 73.8 Å². The number of aryl methyl sites for hydroxylation is 1. The number of nitrogens with zero attached hydrogens (tertiary/aromatic N) is 3. The zero-order chi connectivity index (χ0) is 21.9. The van der Waals surface area contributed by atoms with Crippen LogP contribution in [0.25, 0.3) is 10.9 Å². The van der Waals surface area contributed by atoms with E-state index in [4.69, 9.17) is 14.2 Å². The molecule has 2 aromatic carbocycles. The van der Waals surface area contributed by atoms with E-state index in [2.05, 4.69) is 9.97 Å². The molecule has 7 heteroatoms. The number of benzene rings is 2. The number of para-hydroxylation sites is 1. The fraction of sp³-hybridized carbons (Fsp3) is 0.348. The fourth-order valence-corrected chi connectivity index (χ4v) is 3.13. The molecule has 0 aliphatic heterocycles. The molecule has 0 spiro atoms. The number of rotatable bonds is 7. The Kier molecular flexibility index (Phi) is 6.10. The van der Waals surface area contributed by atoms with E-state index in [0.29, 0.717) is 17.3 Å². The highest BCUT2D eigenvalue weighted by atomic mass is 16.6. The number of esters is 1. The van der Waals surface area contributed by atoms with Crippen molar-refractivity contribution in [1.29, 1.82) is 0 Å². The summed E-state index contributed by atoms with van der Waals surface area (Å²) in [6.07, 6.45) is 0. The van der Waals surface area contributed by atoms with E-state index in [1.54, 1.807) is 33.9 Å². The summed E-state index contributed by atoms with van der Waals surface area (Å²) in [5.41, 5.74) is 0.535. The van der Waals surface area contributed by atoms with Gasteiger partial charge in [-0.1, -0.05) is 12.1 Å². The Bertz CT molecular complexity index is 1070. The second-order valence-electron chi connectivity index (χ2n) is 7.34. The fourth-order valence-electron chi connectivity index (χ4n) is 3.13. The molecule has 1 aromatic heterocycles. The molecule has 158 valence electrons. The number of hydrogen-bond donors (Lipinski definition) is 0. The second kappa shape index (κ2) is 8.57. The first-order valence-corrected chi connectivity index (χ1v) is 9.78. The molecule has 7 nitrogen and oxygen atoms in total. The van der Waals surface area contributed by atoms with Crippen LogP contribution in [0, 0.1) is 6.92 Å². The third kappa shape index (κ3) is 4.30. The lowest BCUT2D eigenvalue weighted by atomic mass is 10.1. The summed E-state index contributed by atoms with van der Waals surface area (Å²) < 4.78 is 16.6. The molecule has 0 N–H and O–H groups in total. The molecule has 3 rings (SSSR count). The Morgan fingerprint density at radius 3 is 2.53 bits per heavy atom. The molecule has 0 saturated heterocycles. The van der Waals surface area contributed by atoms with Crippen LogP contribution in [0.3, 0.4) is 0 Å². The Hall–Kier alpha value is -3.35. The molecule has 0 aliphatic carbocycles. The Balaban J connectivity index is 2.02. The summed E-state index contributed by atoms with van der Waals surface area (Å²) in [6, 6.07) is 13.4. The van der Waals surface area contributed by atoms with Gasteiger partial charge in [0.2, 0.25) is 0 Å². The largest absolute Gasteiger partial charge is 0.493 e. The maximum Gasteiger partial charge on any atom is 0.349 e. The molecule has 0 saturated carbocycles. The van der Waals surface area contributed by atoms with E-state index in [0.717, 1.165) is 22.4 Å². The van der Waals surface area contributed by atoms with Gasteiger partial charge in [0.25, 0.3) is 0 Å². The van der Waals surface area contributed by atoms with Gasteiger partial charge in [-0.3, -0.25) is 0 Å². The van der Waals surface area contributed by atoms with Crippen molar-refractivity contribution in [3.63, 3.8) is 0 Å². The van der Waals surface area contributed by atoms with E-state index in [-0.39, 0.29) is 6.61 Å². The van der Waals surface area contributed by atoms with Crippen LogP contribution in [-0.2, 0) is 9.53 Å². The van der Waals surface area contributed by atoms with Crippen molar-refractivity contribution in [2.45, 2.75) is 33.3 Å². The third-order valence-corrected chi connectivity index (χ3v) is 4.68. The third-order valence-electron chi connectivity index (χ3n) is 4.68. The average Bonchev–Trinajstić information content (AvgIpc) is 2.72. The molecular formula is C23H27N3O4. The van der Waals surface area contributed by atoms with Crippen LogP contribution in [0.15, 0.2) is 42.5 Å². The quantitative estimate of drug-likeness (QED) is 0.534. The van der Waals surface area contributed by atoms with Crippen molar-refractivity contribution < 1.29 is 19.0 Å². The van der Waals surface area contributed by atoms with Gasteiger partial charge in [-0.25, -0.2) is 14.8 Å². The summed E-state index contributed by atoms with van der Waals surface area (Å²) in [5.74, 6) is 1.98. The number of methoxy groups -OCH3 is 1. The van der Waals surface area contributed by atoms with Crippen LogP contribution >= 0.6 is 0 Å². The van der Waals surface area contributed by atoms with Crippen LogP contribution in [0.2, 0.25) is 0 Å². The zero-order valence-electron chi connectivity index (χ0n) is 18.2. The first-order chi connectivity index (χ1) is 14.3. The lowest BCUT2D eigenvalue weighted by Gasteiger charge is -2.27. The molecule has 1 heterocycles. The SMILES string of the molecule is CCOC(=O)C(C)(C)Oc1cc(N(C)c2nc(C)nc3ccccc23)ccc1OC. The van der Waals surface area contributed by atoms with Crippen LogP contribution < -0.4 is 14.4 Å². The number of aromatic nitrogens is 2. The number of ether oxygens (including phenoxy) is 3. The van der Waals surface area contributed by atoms with Gasteiger partial charge in [0.05, 0.1) is 19.2 Å². The molecular weight excluding hydrogens is 382 g/mol. The number of hydrogen-bond acceptors (Lipinski definition) is 7. The molecule has 0 unspecified atom stereocenters. The van der Waals surface area contributed by atoms with Gasteiger partial charge in [0, 0.05) is 24.2 Å². The maximum absolute atomic E-state index is 12.3. The monoisotopic (exact) mass is 409 g/mol. The van der Waals surface area contributed by atoms with E-state index in [9.17, 15) is 4.79 Å². The van der Waals surface area contributed by atoms with Gasteiger partial charge < -0.3 is 19.1 Å². The smallest absolute Gasteiger partial charge is 0.349 e. The normalized spacial score (nSPS) is 11.3. The lowest BCUT2D eigenvalue weighted by Crippen LogP contribution is -2.39. The summed E-state index contributed by atoms with van der Waals surface area (Å²) in [7, 11) is 3.49. The van der Waals surface area contributed by atoms with Crippen molar-refractivity contribution in [1.82, 2.24) is 9.97 Å². The Morgan fingerprint density at radius 2 is 1.83 bits per heavy atom. The molecule has 0 radical (unpaired) electrons. The minimum atomic E-state index is -1.17. The van der Waals surface area contributed by atoms with Crippen molar-refractivity contribution in [3.8, 4) is 11.5 Å². The highest BCUT2D eigenvalue weighted by Gasteiger charge is 2.33. The van der Waals surface area contributed by atoms with E-state index >= 15 is 0 Å². The molecule has 3 aromatic rings. The summed E-state index contributed by atoms with van der Waals surface area (Å²) >= 11 is 0. The van der Waals surface area contributed by atoms with Crippen LogP contribution in [-0.4, -0.2) is 42.3 Å². The van der Waals surface area contributed by atoms with E-state index < -0.39 is 11.6 Å². The van der Waals surface area contributed by atoms with Crippen LogP contribution in [0.5, 0.6) is 11.5 Å². The first-order valence-electron chi connectivity index (χ1n) is 9.78. The van der Waals surface area contributed by atoms with Crippen molar-refractivity contribution in [3.05, 3.63) is 48.3 Å². The number of carbonyl (C=O) groups is 1. The van der Waals surface area contributed by atoms with Crippen molar-refractivity contribution in [2.75, 3.05) is 25.7 Å². The molecule has 0 atom stereocenters. The zero-order valence-corrected chi connectivity index (χ0v) is 18.2. The number of carbonyl (C=O) groups excluding carboxylic acids is 1. The summed E-state index contributed by atoms with van der Waals surface area (Å²) in [4.78, 5) is 23.4. The molecule has 0 amide bonds. The van der Waals surface area contributed by atoms with Gasteiger partial charge in [0.1, 0.15) is 11.6 Å². The molecule has 0 aliphatic rings. The lowest BCUT2D eigenvalue weighted by molar-refractivity contribution is -0.158. The minimum Gasteiger partial charge on any atom is -0.493 e. The number of fused-ring (bicyclic) bond motifs is 1. The molecule has 30 heavy (non-hydrogen) atoms. The Labute approximate surface area is 176 Å². The summed E-state index contributed by atoms with van der Waals surface area (Å²) in [5, 5.41) is 0.940. The van der Waals surface area contributed by atoms with Gasteiger partial charge in [-0.2, -0.15) is 0 Å². The van der Waals surface area contributed by atoms with Gasteiger partial charge in [-0.05, 0) is 52.0 Å². The minimum absolute atomic E-state index is 0.283. The second-order valence-corrected chi connectivity index (χ2v) is 7.34. The highest BCUT2D eigenvalue weighted by Crippen LogP contribution is 2.37. The summed E-state index contributed by atoms with van der Waals surface area (Å²) in [6.45, 7) is 7.25. The first kappa shape index (κ1) is 21.4. The van der Waals surface area contributed by atoms with E-state index in [1.165, 1.54) is 0 Å². The van der Waals surface area contributed by atoms with Crippen molar-refractivity contribution in [2.24, 2.45) is 0 Å². The highest BCUT2D eigenvalue weighted by molar-refractivity contribution is 5.91. The Morgan fingerprint density at radius 1 is 1.10 bits per heavy atom. The van der Waals surface area contributed by atoms with E-state index in [1.807, 2.05) is 55.3 Å². The standard InChI is InChI=1S/C23H27N3O4/c1-7-29-22(27)23(3,4)30-20-14-16(12-13-19(20)28-6)26(5)21-17-10-8-9-11-18(17)24-15(2)25-21/h8-14H,7H2,1-6H3. The van der Waals surface area contributed by atoms with Crippen molar-refractivity contribution >= 4 is 28.4 Å². The van der Waals surface area contributed by atoms with Crippen LogP contribution in [0.1, 0.15) is 26.6 Å². The number of anilines is 2. The molecule has 0 fully saturated rings. The molecule has 0 bridgehead atoms. The van der Waals surface area contributed by atoms with Gasteiger partial charge in [-0.15, -0.1) is 0 Å². The predicted molar refractivity (Wildman–Crippen MR) is 117 cm³/mol. The maximum atomic E-state index is 12.3. The van der Waals surface area contributed by atoms with Gasteiger partial charge in [0.15, 0.2) is 17.1 Å². The van der Waals surface area contributed by atoms with Gasteiger partial charge >= 0.3 is 5.97 Å². The average molecular weight is 409 g/mol. The van der Waals surface area contributed by atoms with Crippen LogP contribution in [0.4, 0.5) is 11.5 Å².